The number of nitrogens with zero attached hydrogens (tertiary/aromatic N) is 2. The van der Waals surface area contributed by atoms with Gasteiger partial charge in [-0.1, -0.05) is 60.7 Å². The lowest BCUT2D eigenvalue weighted by Crippen LogP contribution is -2.09. The monoisotopic (exact) mass is 246 g/mol. The molecule has 0 saturated heterocycles. The van der Waals surface area contributed by atoms with E-state index in [0.29, 0.717) is 0 Å². The molecule has 0 saturated carbocycles. The van der Waals surface area contributed by atoms with Crippen molar-refractivity contribution in [3.05, 3.63) is 71.8 Å². The Hall–Kier alpha value is -2.40. The zero-order chi connectivity index (χ0) is 13.1. The third-order valence-electron chi connectivity index (χ3n) is 3.56. The Morgan fingerprint density at radius 3 is 2.21 bits per heavy atom. The van der Waals surface area contributed by atoms with Crippen LogP contribution in [0.2, 0.25) is 0 Å². The van der Waals surface area contributed by atoms with Crippen molar-refractivity contribution in [1.82, 2.24) is 0 Å². The summed E-state index contributed by atoms with van der Waals surface area (Å²) in [6.07, 6.45) is 0.840. The quantitative estimate of drug-likeness (QED) is 0.798. The van der Waals surface area contributed by atoms with Gasteiger partial charge in [-0.15, -0.1) is 0 Å². The van der Waals surface area contributed by atoms with Crippen LogP contribution in [0.15, 0.2) is 65.7 Å². The maximum atomic E-state index is 9.31. The average molecular weight is 246 g/mol. The highest BCUT2D eigenvalue weighted by molar-refractivity contribution is 6.02. The zero-order valence-electron chi connectivity index (χ0n) is 10.5. The molecule has 0 fully saturated rings. The number of hydrogen-bond donors (Lipinski definition) is 0. The van der Waals surface area contributed by atoms with Gasteiger partial charge >= 0.3 is 0 Å². The molecule has 0 unspecified atom stereocenters. The van der Waals surface area contributed by atoms with Gasteiger partial charge < -0.3 is 0 Å². The van der Waals surface area contributed by atoms with E-state index >= 15 is 0 Å². The molecule has 1 aliphatic heterocycles. The van der Waals surface area contributed by atoms with Crippen LogP contribution < -0.4 is 0 Å². The summed E-state index contributed by atoms with van der Waals surface area (Å²) >= 11 is 0. The summed E-state index contributed by atoms with van der Waals surface area (Å²) in [6.45, 7) is 0. The van der Waals surface area contributed by atoms with E-state index in [-0.39, 0.29) is 12.0 Å². The summed E-state index contributed by atoms with van der Waals surface area (Å²) in [6, 6.07) is 22.4. The lowest BCUT2D eigenvalue weighted by Gasteiger charge is -2.12. The topological polar surface area (TPSA) is 36.1 Å². The van der Waals surface area contributed by atoms with E-state index in [4.69, 9.17) is 0 Å². The van der Waals surface area contributed by atoms with Crippen LogP contribution in [0.5, 0.6) is 0 Å². The second kappa shape index (κ2) is 5.07. The molecule has 92 valence electrons. The van der Waals surface area contributed by atoms with Crippen LogP contribution in [-0.2, 0) is 0 Å². The molecule has 2 aromatic rings. The maximum Gasteiger partial charge on any atom is 0.144 e. The largest absolute Gasteiger partial charge is 0.270 e. The minimum Gasteiger partial charge on any atom is -0.270 e. The number of hydrogen-bond acceptors (Lipinski definition) is 2. The number of benzene rings is 2. The third kappa shape index (κ3) is 2.28. The van der Waals surface area contributed by atoms with E-state index in [1.54, 1.807) is 0 Å². The Morgan fingerprint density at radius 1 is 0.947 bits per heavy atom. The van der Waals surface area contributed by atoms with E-state index in [0.717, 1.165) is 17.7 Å². The van der Waals surface area contributed by atoms with E-state index < -0.39 is 0 Å². The Kier molecular flexibility index (Phi) is 3.12. The predicted molar refractivity (Wildman–Crippen MR) is 76.2 cm³/mol. The van der Waals surface area contributed by atoms with Crippen molar-refractivity contribution < 1.29 is 0 Å². The Labute approximate surface area is 113 Å². The minimum atomic E-state index is -0.266. The first kappa shape index (κ1) is 11.7. The molecule has 0 radical (unpaired) electrons. The molecule has 0 bridgehead atoms. The molecule has 19 heavy (non-hydrogen) atoms. The van der Waals surface area contributed by atoms with Crippen LogP contribution in [0.1, 0.15) is 23.5 Å². The Balaban J connectivity index is 1.91. The van der Waals surface area contributed by atoms with Crippen molar-refractivity contribution in [1.29, 1.82) is 5.26 Å². The van der Waals surface area contributed by atoms with Gasteiger partial charge in [-0.2, -0.15) is 5.26 Å². The summed E-state index contributed by atoms with van der Waals surface area (Å²) < 4.78 is 0. The lowest BCUT2D eigenvalue weighted by molar-refractivity contribution is 0.687. The van der Waals surface area contributed by atoms with Crippen molar-refractivity contribution in [2.45, 2.75) is 18.4 Å². The first-order chi connectivity index (χ1) is 9.38. The maximum absolute atomic E-state index is 9.31. The normalized spacial score (nSPS) is 21.7. The lowest BCUT2D eigenvalue weighted by atomic mass is 9.90. The molecule has 0 N–H and O–H groups in total. The molecule has 0 aliphatic carbocycles. The van der Waals surface area contributed by atoms with Crippen molar-refractivity contribution in [2.24, 2.45) is 4.99 Å². The van der Waals surface area contributed by atoms with Crippen molar-refractivity contribution >= 4 is 5.71 Å². The van der Waals surface area contributed by atoms with Crippen LogP contribution in [0.3, 0.4) is 0 Å². The van der Waals surface area contributed by atoms with E-state index in [1.165, 1.54) is 5.56 Å². The van der Waals surface area contributed by atoms with Crippen LogP contribution in [0.4, 0.5) is 0 Å². The number of nitriles is 1. The molecule has 2 atom stereocenters. The molecule has 0 amide bonds. The molecular formula is C17H14N2. The highest BCUT2D eigenvalue weighted by atomic mass is 14.8. The number of aliphatic imine (C=N–C) groups is 1. The van der Waals surface area contributed by atoms with Crippen molar-refractivity contribution in [2.75, 3.05) is 0 Å². The standard InChI is InChI=1S/C17H14N2/c18-12-17-15(13-7-3-1-4-8-13)11-16(19-17)14-9-5-2-6-10-14/h1-10,15,17H,11H2/t15-,17-/m0/s1. The van der Waals surface area contributed by atoms with Crippen LogP contribution in [0.25, 0.3) is 0 Å². The van der Waals surface area contributed by atoms with Crippen LogP contribution in [-0.4, -0.2) is 11.8 Å². The summed E-state index contributed by atoms with van der Waals surface area (Å²) in [5.74, 6) is 0.182. The van der Waals surface area contributed by atoms with Gasteiger partial charge in [0.2, 0.25) is 0 Å². The molecule has 0 spiro atoms. The summed E-state index contributed by atoms with van der Waals surface area (Å²) in [7, 11) is 0. The molecule has 3 rings (SSSR count). The first-order valence-electron chi connectivity index (χ1n) is 6.45. The minimum absolute atomic E-state index is 0.182. The summed E-state index contributed by atoms with van der Waals surface area (Å²) in [5, 5.41) is 9.31. The SMILES string of the molecule is N#C[C@@H]1N=C(c2ccccc2)C[C@H]1c1ccccc1. The highest BCUT2D eigenvalue weighted by Gasteiger charge is 2.30. The molecule has 2 heteroatoms. The molecule has 2 nitrogen and oxygen atoms in total. The second-order valence-electron chi connectivity index (χ2n) is 4.74. The number of rotatable bonds is 2. The van der Waals surface area contributed by atoms with E-state index in [1.807, 2.05) is 36.4 Å². The first-order valence-corrected chi connectivity index (χ1v) is 6.45. The average Bonchev–Trinajstić information content (AvgIpc) is 2.93. The van der Waals surface area contributed by atoms with Gasteiger partial charge in [0.1, 0.15) is 6.04 Å². The highest BCUT2D eigenvalue weighted by Crippen LogP contribution is 2.33. The summed E-state index contributed by atoms with van der Waals surface area (Å²) in [4.78, 5) is 4.59. The molecule has 1 heterocycles. The predicted octanol–water partition coefficient (Wildman–Crippen LogP) is 3.56. The van der Waals surface area contributed by atoms with Crippen LogP contribution >= 0.6 is 0 Å². The molecule has 2 aromatic carbocycles. The van der Waals surface area contributed by atoms with Gasteiger partial charge in [-0.25, -0.2) is 0 Å². The summed E-state index contributed by atoms with van der Waals surface area (Å²) in [5.41, 5.74) is 3.37. The van der Waals surface area contributed by atoms with Gasteiger partial charge in [-0.05, 0) is 17.5 Å². The molecule has 0 aromatic heterocycles. The molecule has 1 aliphatic rings. The van der Waals surface area contributed by atoms with E-state index in [9.17, 15) is 5.26 Å². The van der Waals surface area contributed by atoms with Gasteiger partial charge in [0.15, 0.2) is 0 Å². The van der Waals surface area contributed by atoms with Crippen LogP contribution in [0, 0.1) is 11.3 Å². The molecular weight excluding hydrogens is 232 g/mol. The van der Waals surface area contributed by atoms with E-state index in [2.05, 4.69) is 35.3 Å². The second-order valence-corrected chi connectivity index (χ2v) is 4.74. The van der Waals surface area contributed by atoms with Gasteiger partial charge in [0.25, 0.3) is 0 Å². The Bertz CT molecular complexity index is 623. The third-order valence-corrected chi connectivity index (χ3v) is 3.56. The Morgan fingerprint density at radius 2 is 1.58 bits per heavy atom. The van der Waals surface area contributed by atoms with Gasteiger partial charge in [0.05, 0.1) is 6.07 Å². The smallest absolute Gasteiger partial charge is 0.144 e. The fraction of sp³-hybridized carbons (Fsp3) is 0.176. The van der Waals surface area contributed by atoms with Crippen molar-refractivity contribution in [3.8, 4) is 6.07 Å². The van der Waals surface area contributed by atoms with Crippen molar-refractivity contribution in [3.63, 3.8) is 0 Å². The fourth-order valence-corrected chi connectivity index (χ4v) is 2.57. The van der Waals surface area contributed by atoms with Gasteiger partial charge in [-0.3, -0.25) is 4.99 Å². The zero-order valence-corrected chi connectivity index (χ0v) is 10.5. The fourth-order valence-electron chi connectivity index (χ4n) is 2.57. The van der Waals surface area contributed by atoms with Gasteiger partial charge in [0, 0.05) is 11.6 Å².